The van der Waals surface area contributed by atoms with Crippen molar-refractivity contribution in [3.8, 4) is 0 Å². The summed E-state index contributed by atoms with van der Waals surface area (Å²) in [5.41, 5.74) is 2.29. The molecule has 1 aromatic heterocycles. The first kappa shape index (κ1) is 9.96. The molecule has 0 radical (unpaired) electrons. The highest BCUT2D eigenvalue weighted by molar-refractivity contribution is 5.81. The summed E-state index contributed by atoms with van der Waals surface area (Å²) in [6.45, 7) is 4.87. The lowest BCUT2D eigenvalue weighted by molar-refractivity contribution is 0.455. The van der Waals surface area contributed by atoms with Gasteiger partial charge in [-0.05, 0) is 18.6 Å². The zero-order chi connectivity index (χ0) is 10.7. The van der Waals surface area contributed by atoms with E-state index in [0.29, 0.717) is 0 Å². The molecular weight excluding hydrogens is 188 g/mol. The minimum Gasteiger partial charge on any atom is -0.354 e. The van der Waals surface area contributed by atoms with E-state index in [0.717, 1.165) is 31.3 Å². The third kappa shape index (κ3) is 2.26. The van der Waals surface area contributed by atoms with Crippen molar-refractivity contribution in [2.45, 2.75) is 13.5 Å². The smallest absolute Gasteiger partial charge is 0.194 e. The predicted molar refractivity (Wildman–Crippen MR) is 60.7 cm³/mol. The van der Waals surface area contributed by atoms with Crippen LogP contribution in [0, 0.1) is 6.92 Å². The molecule has 0 unspecified atom stereocenters. The third-order valence-corrected chi connectivity index (χ3v) is 2.52. The van der Waals surface area contributed by atoms with Gasteiger partial charge in [0.2, 0.25) is 0 Å². The van der Waals surface area contributed by atoms with E-state index >= 15 is 0 Å². The van der Waals surface area contributed by atoms with Gasteiger partial charge < -0.3 is 10.2 Å². The number of aliphatic imine (C=N–C) groups is 1. The van der Waals surface area contributed by atoms with Gasteiger partial charge in [-0.25, -0.2) is 0 Å². The van der Waals surface area contributed by atoms with Crippen LogP contribution < -0.4 is 5.32 Å². The molecule has 1 aliphatic rings. The number of hydrogen-bond acceptors (Lipinski definition) is 2. The highest BCUT2D eigenvalue weighted by Gasteiger charge is 2.16. The quantitative estimate of drug-likeness (QED) is 0.774. The van der Waals surface area contributed by atoms with Gasteiger partial charge >= 0.3 is 0 Å². The van der Waals surface area contributed by atoms with E-state index < -0.39 is 0 Å². The average Bonchev–Trinajstić information content (AvgIpc) is 2.69. The molecule has 0 amide bonds. The third-order valence-electron chi connectivity index (χ3n) is 2.52. The summed E-state index contributed by atoms with van der Waals surface area (Å²) in [7, 11) is 1.81. The van der Waals surface area contributed by atoms with Gasteiger partial charge in [0, 0.05) is 38.6 Å². The van der Waals surface area contributed by atoms with E-state index in [2.05, 4.69) is 26.3 Å². The SMILES string of the molecule is CN=C1NCCN1Cc1ccc(C)nc1. The number of aryl methyl sites for hydroxylation is 1. The average molecular weight is 204 g/mol. The minimum atomic E-state index is 0.882. The summed E-state index contributed by atoms with van der Waals surface area (Å²) in [5, 5.41) is 3.24. The second kappa shape index (κ2) is 4.29. The van der Waals surface area contributed by atoms with Gasteiger partial charge in [-0.15, -0.1) is 0 Å². The summed E-state index contributed by atoms with van der Waals surface area (Å²) in [5.74, 6) is 0.982. The Hall–Kier alpha value is -1.58. The molecule has 0 bridgehead atoms. The first-order chi connectivity index (χ1) is 7.29. The molecule has 2 heterocycles. The number of pyridine rings is 1. The highest BCUT2D eigenvalue weighted by atomic mass is 15.3. The van der Waals surface area contributed by atoms with Crippen molar-refractivity contribution in [1.82, 2.24) is 15.2 Å². The van der Waals surface area contributed by atoms with Gasteiger partial charge in [0.25, 0.3) is 0 Å². The lowest BCUT2D eigenvalue weighted by Crippen LogP contribution is -2.29. The van der Waals surface area contributed by atoms with E-state index in [1.807, 2.05) is 26.2 Å². The van der Waals surface area contributed by atoms with Crippen LogP contribution in [0.25, 0.3) is 0 Å². The zero-order valence-corrected chi connectivity index (χ0v) is 9.20. The Kier molecular flexibility index (Phi) is 2.85. The van der Waals surface area contributed by atoms with Crippen molar-refractivity contribution in [3.05, 3.63) is 29.6 Å². The normalized spacial score (nSPS) is 18.3. The number of aromatic nitrogens is 1. The molecule has 1 saturated heterocycles. The summed E-state index contributed by atoms with van der Waals surface area (Å²) >= 11 is 0. The van der Waals surface area contributed by atoms with Gasteiger partial charge in [-0.1, -0.05) is 6.07 Å². The molecular formula is C11H16N4. The van der Waals surface area contributed by atoms with E-state index in [4.69, 9.17) is 0 Å². The second-order valence-corrected chi connectivity index (χ2v) is 3.70. The Labute approximate surface area is 90.0 Å². The second-order valence-electron chi connectivity index (χ2n) is 3.70. The molecule has 1 N–H and O–H groups in total. The summed E-state index contributed by atoms with van der Waals surface area (Å²) in [6, 6.07) is 4.16. The molecule has 80 valence electrons. The van der Waals surface area contributed by atoms with Gasteiger partial charge in [0.05, 0.1) is 0 Å². The zero-order valence-electron chi connectivity index (χ0n) is 9.20. The fourth-order valence-corrected chi connectivity index (χ4v) is 1.71. The van der Waals surface area contributed by atoms with Crippen LogP contribution in [0.1, 0.15) is 11.3 Å². The molecule has 15 heavy (non-hydrogen) atoms. The van der Waals surface area contributed by atoms with Gasteiger partial charge in [-0.3, -0.25) is 9.98 Å². The van der Waals surface area contributed by atoms with Crippen molar-refractivity contribution >= 4 is 5.96 Å². The largest absolute Gasteiger partial charge is 0.354 e. The number of rotatable bonds is 2. The molecule has 0 spiro atoms. The first-order valence-corrected chi connectivity index (χ1v) is 5.17. The fraction of sp³-hybridized carbons (Fsp3) is 0.455. The van der Waals surface area contributed by atoms with Crippen molar-refractivity contribution in [2.75, 3.05) is 20.1 Å². The lowest BCUT2D eigenvalue weighted by Gasteiger charge is -2.16. The molecule has 0 saturated carbocycles. The Morgan fingerprint density at radius 1 is 1.53 bits per heavy atom. The molecule has 2 rings (SSSR count). The van der Waals surface area contributed by atoms with Crippen LogP contribution in [0.4, 0.5) is 0 Å². The molecule has 1 aromatic rings. The highest BCUT2D eigenvalue weighted by Crippen LogP contribution is 2.06. The van der Waals surface area contributed by atoms with Crippen LogP contribution in [-0.2, 0) is 6.54 Å². The van der Waals surface area contributed by atoms with Crippen LogP contribution >= 0.6 is 0 Å². The monoisotopic (exact) mass is 204 g/mol. The topological polar surface area (TPSA) is 40.5 Å². The molecule has 1 aliphatic heterocycles. The number of hydrogen-bond donors (Lipinski definition) is 1. The Bertz CT molecular complexity index is 355. The maximum Gasteiger partial charge on any atom is 0.194 e. The molecule has 4 nitrogen and oxygen atoms in total. The maximum absolute atomic E-state index is 4.29. The Morgan fingerprint density at radius 3 is 3.07 bits per heavy atom. The summed E-state index contributed by atoms with van der Waals surface area (Å²) in [4.78, 5) is 10.7. The van der Waals surface area contributed by atoms with Crippen LogP contribution in [0.3, 0.4) is 0 Å². The molecule has 0 aliphatic carbocycles. The number of nitrogens with zero attached hydrogens (tertiary/aromatic N) is 3. The van der Waals surface area contributed by atoms with Crippen LogP contribution in [0.15, 0.2) is 23.3 Å². The first-order valence-electron chi connectivity index (χ1n) is 5.17. The van der Waals surface area contributed by atoms with Crippen molar-refractivity contribution in [2.24, 2.45) is 4.99 Å². The standard InChI is InChI=1S/C11H16N4/c1-9-3-4-10(7-14-9)8-15-6-5-13-11(15)12-2/h3-4,7H,5-6,8H2,1-2H3,(H,12,13). The van der Waals surface area contributed by atoms with Crippen molar-refractivity contribution in [1.29, 1.82) is 0 Å². The van der Waals surface area contributed by atoms with Crippen LogP contribution in [-0.4, -0.2) is 36.0 Å². The molecule has 4 heteroatoms. The van der Waals surface area contributed by atoms with E-state index in [9.17, 15) is 0 Å². The number of nitrogens with one attached hydrogen (secondary N) is 1. The van der Waals surface area contributed by atoms with Crippen LogP contribution in [0.5, 0.6) is 0 Å². The fourth-order valence-electron chi connectivity index (χ4n) is 1.71. The minimum absolute atomic E-state index is 0.882. The molecule has 0 aromatic carbocycles. The summed E-state index contributed by atoms with van der Waals surface area (Å²) in [6.07, 6.45) is 1.93. The van der Waals surface area contributed by atoms with Gasteiger partial charge in [0.15, 0.2) is 5.96 Å². The van der Waals surface area contributed by atoms with E-state index in [-0.39, 0.29) is 0 Å². The van der Waals surface area contributed by atoms with Gasteiger partial charge in [-0.2, -0.15) is 0 Å². The Balaban J connectivity index is 2.05. The Morgan fingerprint density at radius 2 is 2.40 bits per heavy atom. The molecule has 0 atom stereocenters. The lowest BCUT2D eigenvalue weighted by atomic mass is 10.2. The van der Waals surface area contributed by atoms with E-state index in [1.54, 1.807) is 0 Å². The van der Waals surface area contributed by atoms with E-state index in [1.165, 1.54) is 5.56 Å². The van der Waals surface area contributed by atoms with Crippen molar-refractivity contribution < 1.29 is 0 Å². The van der Waals surface area contributed by atoms with Gasteiger partial charge in [0.1, 0.15) is 0 Å². The van der Waals surface area contributed by atoms with Crippen molar-refractivity contribution in [3.63, 3.8) is 0 Å². The maximum atomic E-state index is 4.29. The summed E-state index contributed by atoms with van der Waals surface area (Å²) < 4.78 is 0. The number of guanidine groups is 1. The predicted octanol–water partition coefficient (Wildman–Crippen LogP) is 0.781. The van der Waals surface area contributed by atoms with Crippen LogP contribution in [0.2, 0.25) is 0 Å². The molecule has 1 fully saturated rings.